The van der Waals surface area contributed by atoms with Gasteiger partial charge in [-0.05, 0) is 26.2 Å². The van der Waals surface area contributed by atoms with Crippen molar-refractivity contribution >= 4 is 11.6 Å². The largest absolute Gasteiger partial charge is 0.370 e. The Bertz CT molecular complexity index is 417. The zero-order valence-electron chi connectivity index (χ0n) is 12.0. The Morgan fingerprint density at radius 2 is 2.11 bits per heavy atom. The van der Waals surface area contributed by atoms with Crippen molar-refractivity contribution in [3.05, 3.63) is 11.4 Å². The van der Waals surface area contributed by atoms with E-state index in [0.29, 0.717) is 0 Å². The van der Waals surface area contributed by atoms with E-state index in [-0.39, 0.29) is 0 Å². The van der Waals surface area contributed by atoms with Crippen LogP contribution in [0.4, 0.5) is 11.6 Å². The summed E-state index contributed by atoms with van der Waals surface area (Å²) >= 11 is 0. The van der Waals surface area contributed by atoms with E-state index >= 15 is 0 Å². The molecule has 0 spiro atoms. The molecule has 1 atom stereocenters. The monoisotopic (exact) mass is 248 g/mol. The van der Waals surface area contributed by atoms with Crippen LogP contribution in [0.2, 0.25) is 0 Å². The highest BCUT2D eigenvalue weighted by atomic mass is 15.2. The second-order valence-electron chi connectivity index (χ2n) is 5.16. The molecule has 1 unspecified atom stereocenters. The molecule has 2 heterocycles. The van der Waals surface area contributed by atoms with Gasteiger partial charge >= 0.3 is 0 Å². The van der Waals surface area contributed by atoms with Gasteiger partial charge in [-0.2, -0.15) is 0 Å². The molecule has 1 aromatic rings. The smallest absolute Gasteiger partial charge is 0.137 e. The minimum absolute atomic E-state index is 0.770. The Kier molecular flexibility index (Phi) is 4.04. The minimum atomic E-state index is 0.770. The maximum absolute atomic E-state index is 4.72. The minimum Gasteiger partial charge on any atom is -0.370 e. The molecular formula is C14H24N4. The van der Waals surface area contributed by atoms with Gasteiger partial charge in [0.05, 0.1) is 0 Å². The number of anilines is 2. The van der Waals surface area contributed by atoms with Crippen molar-refractivity contribution in [3.63, 3.8) is 0 Å². The number of aromatic nitrogens is 2. The van der Waals surface area contributed by atoms with Crippen molar-refractivity contribution in [2.45, 2.75) is 40.5 Å². The Hall–Kier alpha value is -1.32. The summed E-state index contributed by atoms with van der Waals surface area (Å²) in [4.78, 5) is 11.7. The van der Waals surface area contributed by atoms with Gasteiger partial charge in [0.25, 0.3) is 0 Å². The average molecular weight is 248 g/mol. The van der Waals surface area contributed by atoms with E-state index in [9.17, 15) is 0 Å². The number of rotatable bonds is 4. The standard InChI is InChI=1S/C14H24N4/c1-5-12-16-13(15-6-2)11(4)14(17-12)18-8-7-10(3)9-18/h10H,5-9H2,1-4H3,(H,15,16,17). The highest BCUT2D eigenvalue weighted by Gasteiger charge is 2.23. The fraction of sp³-hybridized carbons (Fsp3) is 0.714. The fourth-order valence-electron chi connectivity index (χ4n) is 2.48. The Labute approximate surface area is 110 Å². The van der Waals surface area contributed by atoms with E-state index in [1.165, 1.54) is 12.0 Å². The zero-order chi connectivity index (χ0) is 13.1. The molecule has 0 amide bonds. The lowest BCUT2D eigenvalue weighted by molar-refractivity contribution is 0.658. The van der Waals surface area contributed by atoms with Crippen LogP contribution >= 0.6 is 0 Å². The van der Waals surface area contributed by atoms with E-state index < -0.39 is 0 Å². The molecule has 0 aromatic carbocycles. The lowest BCUT2D eigenvalue weighted by Gasteiger charge is -2.21. The van der Waals surface area contributed by atoms with Crippen LogP contribution in [0.25, 0.3) is 0 Å². The van der Waals surface area contributed by atoms with E-state index in [4.69, 9.17) is 4.98 Å². The summed E-state index contributed by atoms with van der Waals surface area (Å²) < 4.78 is 0. The van der Waals surface area contributed by atoms with Gasteiger partial charge in [-0.25, -0.2) is 9.97 Å². The van der Waals surface area contributed by atoms with Crippen molar-refractivity contribution in [2.24, 2.45) is 5.92 Å². The van der Waals surface area contributed by atoms with Gasteiger partial charge in [0.1, 0.15) is 17.5 Å². The number of hydrogen-bond acceptors (Lipinski definition) is 4. The van der Waals surface area contributed by atoms with Crippen molar-refractivity contribution in [2.75, 3.05) is 29.9 Å². The molecule has 2 rings (SSSR count). The number of hydrogen-bond donors (Lipinski definition) is 1. The fourth-order valence-corrected chi connectivity index (χ4v) is 2.48. The van der Waals surface area contributed by atoms with Crippen molar-refractivity contribution in [1.82, 2.24) is 9.97 Å². The molecule has 1 fully saturated rings. The average Bonchev–Trinajstić information content (AvgIpc) is 2.78. The summed E-state index contributed by atoms with van der Waals surface area (Å²) in [6.07, 6.45) is 2.15. The van der Waals surface area contributed by atoms with Crippen molar-refractivity contribution in [1.29, 1.82) is 0 Å². The lowest BCUT2D eigenvalue weighted by atomic mass is 10.2. The predicted molar refractivity (Wildman–Crippen MR) is 76.3 cm³/mol. The third-order valence-electron chi connectivity index (χ3n) is 3.55. The zero-order valence-corrected chi connectivity index (χ0v) is 12.0. The summed E-state index contributed by atoms with van der Waals surface area (Å²) in [5.41, 5.74) is 1.18. The Balaban J connectivity index is 2.35. The molecule has 4 nitrogen and oxygen atoms in total. The van der Waals surface area contributed by atoms with Gasteiger partial charge in [0, 0.05) is 31.6 Å². The summed E-state index contributed by atoms with van der Waals surface area (Å²) in [6, 6.07) is 0. The second-order valence-corrected chi connectivity index (χ2v) is 5.16. The molecule has 18 heavy (non-hydrogen) atoms. The molecule has 100 valence electrons. The van der Waals surface area contributed by atoms with Crippen LogP contribution in [0.5, 0.6) is 0 Å². The van der Waals surface area contributed by atoms with Crippen LogP contribution in [0, 0.1) is 12.8 Å². The van der Waals surface area contributed by atoms with E-state index in [0.717, 1.165) is 49.4 Å². The van der Waals surface area contributed by atoms with Crippen LogP contribution in [0.3, 0.4) is 0 Å². The molecule has 4 heteroatoms. The maximum Gasteiger partial charge on any atom is 0.137 e. The van der Waals surface area contributed by atoms with Gasteiger partial charge in [-0.1, -0.05) is 13.8 Å². The second kappa shape index (κ2) is 5.55. The molecule has 0 radical (unpaired) electrons. The highest BCUT2D eigenvalue weighted by Crippen LogP contribution is 2.28. The van der Waals surface area contributed by atoms with Crippen LogP contribution < -0.4 is 10.2 Å². The molecule has 1 aromatic heterocycles. The van der Waals surface area contributed by atoms with Crippen LogP contribution in [0.1, 0.15) is 38.6 Å². The van der Waals surface area contributed by atoms with Crippen LogP contribution in [-0.2, 0) is 6.42 Å². The predicted octanol–water partition coefficient (Wildman–Crippen LogP) is 2.63. The summed E-state index contributed by atoms with van der Waals surface area (Å²) in [7, 11) is 0. The number of aryl methyl sites for hydroxylation is 1. The van der Waals surface area contributed by atoms with E-state index in [1.54, 1.807) is 0 Å². The van der Waals surface area contributed by atoms with E-state index in [2.05, 4.69) is 42.9 Å². The van der Waals surface area contributed by atoms with Gasteiger partial charge in [0.15, 0.2) is 0 Å². The number of nitrogens with one attached hydrogen (secondary N) is 1. The molecule has 0 bridgehead atoms. The van der Waals surface area contributed by atoms with Gasteiger partial charge in [-0.15, -0.1) is 0 Å². The molecule has 0 saturated carbocycles. The van der Waals surface area contributed by atoms with Gasteiger partial charge in [-0.3, -0.25) is 0 Å². The molecular weight excluding hydrogens is 224 g/mol. The number of nitrogens with zero attached hydrogens (tertiary/aromatic N) is 3. The first kappa shape index (κ1) is 13.1. The molecule has 1 N–H and O–H groups in total. The Morgan fingerprint density at radius 1 is 1.33 bits per heavy atom. The summed E-state index contributed by atoms with van der Waals surface area (Å²) in [5, 5.41) is 3.35. The first-order chi connectivity index (χ1) is 8.65. The van der Waals surface area contributed by atoms with Crippen LogP contribution in [0.15, 0.2) is 0 Å². The van der Waals surface area contributed by atoms with Gasteiger partial charge in [0.2, 0.25) is 0 Å². The van der Waals surface area contributed by atoms with Crippen molar-refractivity contribution in [3.8, 4) is 0 Å². The lowest BCUT2D eigenvalue weighted by Crippen LogP contribution is -2.23. The third-order valence-corrected chi connectivity index (χ3v) is 3.55. The molecule has 0 aliphatic carbocycles. The summed E-state index contributed by atoms with van der Waals surface area (Å²) in [6.45, 7) is 11.8. The molecule has 1 saturated heterocycles. The van der Waals surface area contributed by atoms with Gasteiger partial charge < -0.3 is 10.2 Å². The Morgan fingerprint density at radius 3 is 2.67 bits per heavy atom. The maximum atomic E-state index is 4.72. The topological polar surface area (TPSA) is 41.1 Å². The first-order valence-corrected chi connectivity index (χ1v) is 7.02. The first-order valence-electron chi connectivity index (χ1n) is 7.02. The van der Waals surface area contributed by atoms with Crippen molar-refractivity contribution < 1.29 is 0 Å². The molecule has 1 aliphatic heterocycles. The van der Waals surface area contributed by atoms with E-state index in [1.807, 2.05) is 0 Å². The quantitative estimate of drug-likeness (QED) is 0.889. The normalized spacial score (nSPS) is 19.3. The summed E-state index contributed by atoms with van der Waals surface area (Å²) in [5.74, 6) is 3.83. The SMILES string of the molecule is CCNc1nc(CC)nc(N2CCC(C)C2)c1C. The highest BCUT2D eigenvalue weighted by molar-refractivity contribution is 5.59. The van der Waals surface area contributed by atoms with Crippen LogP contribution in [-0.4, -0.2) is 29.6 Å². The third kappa shape index (κ3) is 2.57. The molecule has 1 aliphatic rings.